The van der Waals surface area contributed by atoms with Gasteiger partial charge in [0.15, 0.2) is 0 Å². The second-order valence-electron chi connectivity index (χ2n) is 4.77. The van der Waals surface area contributed by atoms with Crippen LogP contribution in [0.1, 0.15) is 5.82 Å². The number of ether oxygens (including phenoxy) is 2. The summed E-state index contributed by atoms with van der Waals surface area (Å²) < 4.78 is 36.7. The largest absolute Gasteiger partial charge is 0.490 e. The Kier molecular flexibility index (Phi) is 6.25. The number of sulfonamides is 1. The Morgan fingerprint density at radius 2 is 1.96 bits per heavy atom. The molecule has 12 heteroatoms. The lowest BCUT2D eigenvalue weighted by molar-refractivity contribution is 0.198. The summed E-state index contributed by atoms with van der Waals surface area (Å²) in [6.45, 7) is 1.17. The highest BCUT2D eigenvalue weighted by Crippen LogP contribution is 2.23. The van der Waals surface area contributed by atoms with Gasteiger partial charge in [-0.05, 0) is 19.1 Å². The topological polar surface area (TPSA) is 153 Å². The van der Waals surface area contributed by atoms with Crippen molar-refractivity contribution in [3.05, 3.63) is 30.1 Å². The van der Waals surface area contributed by atoms with E-state index in [1.165, 1.54) is 25.3 Å². The fourth-order valence-electron chi connectivity index (χ4n) is 1.86. The number of aromatic nitrogens is 3. The third kappa shape index (κ3) is 5.00. The minimum absolute atomic E-state index is 0.000440. The minimum atomic E-state index is -4.24. The molecular formula is C14H17N5O6S. The molecule has 0 unspecified atom stereocenters. The number of para-hydroxylation sites is 1. The molecule has 2 amide bonds. The van der Waals surface area contributed by atoms with Crippen LogP contribution in [0.4, 0.5) is 10.7 Å². The standard InChI is InChI=1S/C14H17N5O6S/c1-9-15-12(18-14(16-9)24-2)17-13(21)19-26(22,23)11-6-4-3-5-10(11)25-8-7-20/h3-6,20H,7-8H2,1-2H3,(H2,15,16,17,18,19,21). The molecule has 0 fully saturated rings. The van der Waals surface area contributed by atoms with E-state index in [0.29, 0.717) is 0 Å². The highest BCUT2D eigenvalue weighted by Gasteiger charge is 2.22. The van der Waals surface area contributed by atoms with Gasteiger partial charge in [-0.15, -0.1) is 0 Å². The fraction of sp³-hybridized carbons (Fsp3) is 0.286. The second kappa shape index (κ2) is 8.40. The Morgan fingerprint density at radius 1 is 1.23 bits per heavy atom. The van der Waals surface area contributed by atoms with Gasteiger partial charge in [-0.3, -0.25) is 5.32 Å². The molecule has 2 rings (SSSR count). The monoisotopic (exact) mass is 383 g/mol. The lowest BCUT2D eigenvalue weighted by Crippen LogP contribution is -2.35. The van der Waals surface area contributed by atoms with Crippen LogP contribution < -0.4 is 19.5 Å². The Bertz CT molecular complexity index is 889. The number of nitrogens with zero attached hydrogens (tertiary/aromatic N) is 3. The van der Waals surface area contributed by atoms with Gasteiger partial charge >= 0.3 is 12.0 Å². The molecule has 1 aromatic carbocycles. The summed E-state index contributed by atoms with van der Waals surface area (Å²) in [5.41, 5.74) is 0. The summed E-state index contributed by atoms with van der Waals surface area (Å²) in [7, 11) is -2.90. The number of benzene rings is 1. The Hall–Kier alpha value is -2.99. The maximum absolute atomic E-state index is 12.4. The first kappa shape index (κ1) is 19.3. The number of anilines is 1. The molecule has 0 bridgehead atoms. The Labute approximate surface area is 149 Å². The first-order chi connectivity index (χ1) is 12.4. The highest BCUT2D eigenvalue weighted by molar-refractivity contribution is 7.90. The van der Waals surface area contributed by atoms with E-state index in [1.54, 1.807) is 13.0 Å². The number of aliphatic hydroxyl groups excluding tert-OH is 1. The van der Waals surface area contributed by atoms with E-state index in [9.17, 15) is 13.2 Å². The molecule has 3 N–H and O–H groups in total. The lowest BCUT2D eigenvalue weighted by atomic mass is 10.3. The molecule has 0 aliphatic rings. The van der Waals surface area contributed by atoms with Crippen molar-refractivity contribution in [3.8, 4) is 11.8 Å². The molecular weight excluding hydrogens is 366 g/mol. The first-order valence-corrected chi connectivity index (χ1v) is 8.77. The summed E-state index contributed by atoms with van der Waals surface area (Å²) in [6.07, 6.45) is 0. The van der Waals surface area contributed by atoms with Crippen LogP contribution in [0.5, 0.6) is 11.8 Å². The number of aryl methyl sites for hydroxylation is 1. The molecule has 1 aromatic heterocycles. The zero-order valence-corrected chi connectivity index (χ0v) is 14.8. The van der Waals surface area contributed by atoms with Gasteiger partial charge in [0.1, 0.15) is 23.1 Å². The number of carbonyl (C=O) groups is 1. The van der Waals surface area contributed by atoms with Gasteiger partial charge in [-0.2, -0.15) is 15.0 Å². The molecule has 0 spiro atoms. The van der Waals surface area contributed by atoms with Crippen molar-refractivity contribution in [2.75, 3.05) is 25.6 Å². The highest BCUT2D eigenvalue weighted by atomic mass is 32.2. The first-order valence-electron chi connectivity index (χ1n) is 7.29. The number of rotatable bonds is 7. The molecule has 0 saturated carbocycles. The number of nitrogens with one attached hydrogen (secondary N) is 2. The van der Waals surface area contributed by atoms with Crippen LogP contribution in [0.25, 0.3) is 0 Å². The molecule has 140 valence electrons. The van der Waals surface area contributed by atoms with E-state index < -0.39 is 16.1 Å². The molecule has 0 aliphatic heterocycles. The van der Waals surface area contributed by atoms with Crippen LogP contribution in [-0.2, 0) is 10.0 Å². The van der Waals surface area contributed by atoms with Crippen LogP contribution >= 0.6 is 0 Å². The van der Waals surface area contributed by atoms with E-state index in [-0.39, 0.29) is 41.6 Å². The van der Waals surface area contributed by atoms with Crippen LogP contribution in [0, 0.1) is 6.92 Å². The van der Waals surface area contributed by atoms with Gasteiger partial charge in [0.05, 0.1) is 13.7 Å². The number of hydrogen-bond acceptors (Lipinski definition) is 9. The van der Waals surface area contributed by atoms with Gasteiger partial charge in [0.2, 0.25) is 5.95 Å². The number of urea groups is 1. The van der Waals surface area contributed by atoms with Crippen molar-refractivity contribution in [1.82, 2.24) is 19.7 Å². The fourth-order valence-corrected chi connectivity index (χ4v) is 2.91. The van der Waals surface area contributed by atoms with E-state index in [0.717, 1.165) is 0 Å². The molecule has 0 atom stereocenters. The van der Waals surface area contributed by atoms with Crippen LogP contribution in [0.3, 0.4) is 0 Å². The number of hydrogen-bond donors (Lipinski definition) is 3. The quantitative estimate of drug-likeness (QED) is 0.603. The number of amides is 2. The van der Waals surface area contributed by atoms with Crippen LogP contribution in [-0.4, -0.2) is 54.8 Å². The maximum Gasteiger partial charge on any atom is 0.335 e. The number of aliphatic hydroxyl groups is 1. The number of carbonyl (C=O) groups excluding carboxylic acids is 1. The Morgan fingerprint density at radius 3 is 2.65 bits per heavy atom. The van der Waals surface area contributed by atoms with Crippen molar-refractivity contribution < 1.29 is 27.8 Å². The molecule has 0 saturated heterocycles. The summed E-state index contributed by atoms with van der Waals surface area (Å²) in [4.78, 5) is 23.3. The Balaban J connectivity index is 2.17. The van der Waals surface area contributed by atoms with Crippen LogP contribution in [0.2, 0.25) is 0 Å². The van der Waals surface area contributed by atoms with E-state index in [4.69, 9.17) is 14.6 Å². The smallest absolute Gasteiger partial charge is 0.335 e. The summed E-state index contributed by atoms with van der Waals surface area (Å²) >= 11 is 0. The number of methoxy groups -OCH3 is 1. The zero-order valence-electron chi connectivity index (χ0n) is 14.0. The second-order valence-corrected chi connectivity index (χ2v) is 6.42. The van der Waals surface area contributed by atoms with Crippen molar-refractivity contribution in [3.63, 3.8) is 0 Å². The average molecular weight is 383 g/mol. The van der Waals surface area contributed by atoms with E-state index >= 15 is 0 Å². The van der Waals surface area contributed by atoms with E-state index in [1.807, 2.05) is 4.72 Å². The third-order valence-corrected chi connectivity index (χ3v) is 4.22. The minimum Gasteiger partial charge on any atom is -0.490 e. The van der Waals surface area contributed by atoms with Gasteiger partial charge in [0.25, 0.3) is 10.0 Å². The predicted octanol–water partition coefficient (Wildman–Crippen LogP) is 0.0701. The van der Waals surface area contributed by atoms with Gasteiger partial charge < -0.3 is 14.6 Å². The molecule has 1 heterocycles. The SMILES string of the molecule is COc1nc(C)nc(NC(=O)NS(=O)(=O)c2ccccc2OCCO)n1. The average Bonchev–Trinajstić information content (AvgIpc) is 2.59. The molecule has 0 aliphatic carbocycles. The zero-order chi connectivity index (χ0) is 19.2. The lowest BCUT2D eigenvalue weighted by Gasteiger charge is -2.12. The van der Waals surface area contributed by atoms with Crippen molar-refractivity contribution in [2.45, 2.75) is 11.8 Å². The van der Waals surface area contributed by atoms with Gasteiger partial charge in [-0.1, -0.05) is 12.1 Å². The van der Waals surface area contributed by atoms with Gasteiger partial charge in [-0.25, -0.2) is 17.9 Å². The van der Waals surface area contributed by atoms with Gasteiger partial charge in [0, 0.05) is 0 Å². The molecule has 26 heavy (non-hydrogen) atoms. The molecule has 11 nitrogen and oxygen atoms in total. The molecule has 0 radical (unpaired) electrons. The van der Waals surface area contributed by atoms with E-state index in [2.05, 4.69) is 20.3 Å². The van der Waals surface area contributed by atoms with Crippen molar-refractivity contribution >= 4 is 22.0 Å². The maximum atomic E-state index is 12.4. The van der Waals surface area contributed by atoms with Crippen LogP contribution in [0.15, 0.2) is 29.2 Å². The summed E-state index contributed by atoms with van der Waals surface area (Å²) in [5.74, 6) is 0.101. The van der Waals surface area contributed by atoms with Crippen molar-refractivity contribution in [1.29, 1.82) is 0 Å². The molecule has 2 aromatic rings. The van der Waals surface area contributed by atoms with Crippen molar-refractivity contribution in [2.24, 2.45) is 0 Å². The summed E-state index contributed by atoms with van der Waals surface area (Å²) in [6, 6.07) is 4.60. The predicted molar refractivity (Wildman–Crippen MR) is 89.5 cm³/mol. The third-order valence-electron chi connectivity index (χ3n) is 2.85. The normalized spacial score (nSPS) is 10.9. The summed E-state index contributed by atoms with van der Waals surface area (Å²) in [5, 5.41) is 11.0.